The van der Waals surface area contributed by atoms with E-state index in [0.29, 0.717) is 6.54 Å². The van der Waals surface area contributed by atoms with E-state index in [1.165, 1.54) is 10.5 Å². The van der Waals surface area contributed by atoms with Crippen molar-refractivity contribution in [2.75, 3.05) is 13.2 Å². The third kappa shape index (κ3) is 3.54. The van der Waals surface area contributed by atoms with Crippen LogP contribution in [0.15, 0.2) is 48.5 Å². The number of benzene rings is 2. The maximum atomic E-state index is 12.4. The molecule has 0 aliphatic carbocycles. The molecule has 3 atom stereocenters. The Morgan fingerprint density at radius 2 is 1.93 bits per heavy atom. The molecule has 27 heavy (non-hydrogen) atoms. The lowest BCUT2D eigenvalue weighted by Gasteiger charge is -2.51. The molecule has 1 fully saturated rings. The Bertz CT molecular complexity index is 841. The first-order chi connectivity index (χ1) is 13.1. The summed E-state index contributed by atoms with van der Waals surface area (Å²) in [5, 5.41) is 22.5. The largest absolute Gasteiger partial charge is 0.394 e. The average molecular weight is 363 g/mol. The molecule has 1 aliphatic rings. The number of nitrogens with one attached hydrogen (secondary N) is 1. The summed E-state index contributed by atoms with van der Waals surface area (Å²) in [5.74, 6) is -0.218. The zero-order chi connectivity index (χ0) is 19.4. The number of hydrogen-bond donors (Lipinski definition) is 2. The van der Waals surface area contributed by atoms with Crippen molar-refractivity contribution in [1.82, 2.24) is 10.2 Å². The van der Waals surface area contributed by atoms with Crippen LogP contribution in [0.2, 0.25) is 0 Å². The fourth-order valence-electron chi connectivity index (χ4n) is 3.77. The van der Waals surface area contributed by atoms with Crippen LogP contribution in [0.3, 0.4) is 0 Å². The predicted molar refractivity (Wildman–Crippen MR) is 105 cm³/mol. The second-order valence-electron chi connectivity index (χ2n) is 6.94. The SMILES string of the molecule is CCCNC(=O)N1[C@H](CO)[C@@H](c2ccccc2-c2ccc(C)cc2)[C@@H]1C#N. The summed E-state index contributed by atoms with van der Waals surface area (Å²) in [7, 11) is 0. The molecular formula is C22H25N3O2. The van der Waals surface area contributed by atoms with E-state index in [1.54, 1.807) is 0 Å². The number of likely N-dealkylation sites (tertiary alicyclic amines) is 1. The van der Waals surface area contributed by atoms with Gasteiger partial charge >= 0.3 is 6.03 Å². The summed E-state index contributed by atoms with van der Waals surface area (Å²) >= 11 is 0. The van der Waals surface area contributed by atoms with Gasteiger partial charge in [-0.3, -0.25) is 0 Å². The number of carbonyl (C=O) groups is 1. The van der Waals surface area contributed by atoms with Gasteiger partial charge in [0.05, 0.1) is 18.7 Å². The quantitative estimate of drug-likeness (QED) is 0.854. The van der Waals surface area contributed by atoms with E-state index >= 15 is 0 Å². The smallest absolute Gasteiger partial charge is 0.318 e. The molecular weight excluding hydrogens is 338 g/mol. The highest BCUT2D eigenvalue weighted by Gasteiger charge is 2.52. The van der Waals surface area contributed by atoms with Crippen LogP contribution in [0.5, 0.6) is 0 Å². The number of nitrogens with zero attached hydrogens (tertiary/aromatic N) is 2. The number of carbonyl (C=O) groups excluding carboxylic acids is 1. The van der Waals surface area contributed by atoms with Crippen molar-refractivity contribution < 1.29 is 9.90 Å². The van der Waals surface area contributed by atoms with E-state index in [9.17, 15) is 15.2 Å². The molecule has 1 aliphatic heterocycles. The van der Waals surface area contributed by atoms with Crippen molar-refractivity contribution in [3.63, 3.8) is 0 Å². The van der Waals surface area contributed by atoms with E-state index in [-0.39, 0.29) is 18.6 Å². The first-order valence-corrected chi connectivity index (χ1v) is 9.35. The second-order valence-corrected chi connectivity index (χ2v) is 6.94. The van der Waals surface area contributed by atoms with E-state index in [0.717, 1.165) is 23.1 Å². The van der Waals surface area contributed by atoms with Gasteiger partial charge in [-0.25, -0.2) is 4.79 Å². The van der Waals surface area contributed by atoms with Gasteiger partial charge in [0, 0.05) is 12.5 Å². The van der Waals surface area contributed by atoms with Crippen molar-refractivity contribution in [1.29, 1.82) is 5.26 Å². The lowest BCUT2D eigenvalue weighted by atomic mass is 9.73. The molecule has 0 spiro atoms. The van der Waals surface area contributed by atoms with Crippen molar-refractivity contribution >= 4 is 6.03 Å². The summed E-state index contributed by atoms with van der Waals surface area (Å²) in [6.45, 7) is 4.39. The van der Waals surface area contributed by atoms with E-state index in [2.05, 4.69) is 35.7 Å². The van der Waals surface area contributed by atoms with Crippen molar-refractivity contribution in [2.45, 2.75) is 38.3 Å². The fourth-order valence-corrected chi connectivity index (χ4v) is 3.77. The number of amides is 2. The highest BCUT2D eigenvalue weighted by Crippen LogP contribution is 2.43. The molecule has 1 saturated heterocycles. The van der Waals surface area contributed by atoms with Crippen LogP contribution in [-0.2, 0) is 0 Å². The van der Waals surface area contributed by atoms with Crippen LogP contribution in [0.4, 0.5) is 4.79 Å². The van der Waals surface area contributed by atoms with E-state index in [4.69, 9.17) is 0 Å². The van der Waals surface area contributed by atoms with Gasteiger partial charge < -0.3 is 15.3 Å². The molecule has 1 heterocycles. The molecule has 3 rings (SSSR count). The maximum absolute atomic E-state index is 12.4. The Morgan fingerprint density at radius 1 is 1.22 bits per heavy atom. The predicted octanol–water partition coefficient (Wildman–Crippen LogP) is 3.43. The number of aliphatic hydroxyl groups excluding tert-OH is 1. The summed E-state index contributed by atoms with van der Waals surface area (Å²) in [6.07, 6.45) is 0.820. The number of hydrogen-bond acceptors (Lipinski definition) is 3. The van der Waals surface area contributed by atoms with Gasteiger partial charge in [-0.05, 0) is 30.0 Å². The topological polar surface area (TPSA) is 76.4 Å². The molecule has 2 aromatic carbocycles. The van der Waals surface area contributed by atoms with Gasteiger partial charge in [-0.2, -0.15) is 5.26 Å². The Balaban J connectivity index is 1.95. The number of nitriles is 1. The first kappa shape index (κ1) is 18.9. The van der Waals surface area contributed by atoms with E-state index in [1.807, 2.05) is 38.1 Å². The standard InChI is InChI=1S/C22H25N3O2/c1-3-12-24-22(27)25-19(13-23)21(20(25)14-26)18-7-5-4-6-17(18)16-10-8-15(2)9-11-16/h4-11,19-21,26H,3,12,14H2,1-2H3,(H,24,27)/t19-,20+,21-/m0/s1. The Labute approximate surface area is 160 Å². The minimum atomic E-state index is -0.592. The third-order valence-electron chi connectivity index (χ3n) is 5.17. The first-order valence-electron chi connectivity index (χ1n) is 9.35. The van der Waals surface area contributed by atoms with Gasteiger partial charge in [-0.15, -0.1) is 0 Å². The van der Waals surface area contributed by atoms with Gasteiger partial charge in [-0.1, -0.05) is 61.0 Å². The van der Waals surface area contributed by atoms with Gasteiger partial charge in [0.2, 0.25) is 0 Å². The zero-order valence-electron chi connectivity index (χ0n) is 15.7. The van der Waals surface area contributed by atoms with Crippen LogP contribution >= 0.6 is 0 Å². The van der Waals surface area contributed by atoms with Gasteiger partial charge in [0.1, 0.15) is 6.04 Å². The van der Waals surface area contributed by atoms with Crippen molar-refractivity contribution in [3.05, 3.63) is 59.7 Å². The summed E-state index contributed by atoms with van der Waals surface area (Å²) in [4.78, 5) is 13.9. The monoisotopic (exact) mass is 363 g/mol. The normalized spacial score (nSPS) is 21.3. The van der Waals surface area contributed by atoms with Gasteiger partial charge in [0.25, 0.3) is 0 Å². The Kier molecular flexibility index (Phi) is 5.78. The minimum absolute atomic E-state index is 0.176. The van der Waals surface area contributed by atoms with Crippen LogP contribution in [-0.4, -0.2) is 41.3 Å². The molecule has 2 N–H and O–H groups in total. The average Bonchev–Trinajstić information content (AvgIpc) is 2.67. The van der Waals surface area contributed by atoms with Crippen molar-refractivity contribution in [3.8, 4) is 17.2 Å². The number of aliphatic hydroxyl groups is 1. The molecule has 0 aromatic heterocycles. The third-order valence-corrected chi connectivity index (χ3v) is 5.17. The van der Waals surface area contributed by atoms with Crippen LogP contribution < -0.4 is 5.32 Å². The molecule has 0 saturated carbocycles. The van der Waals surface area contributed by atoms with Crippen LogP contribution in [0, 0.1) is 18.3 Å². The molecule has 0 unspecified atom stereocenters. The highest BCUT2D eigenvalue weighted by atomic mass is 16.3. The summed E-state index contributed by atoms with van der Waals surface area (Å²) < 4.78 is 0. The summed E-state index contributed by atoms with van der Waals surface area (Å²) in [5.41, 5.74) is 4.28. The minimum Gasteiger partial charge on any atom is -0.394 e. The maximum Gasteiger partial charge on any atom is 0.318 e. The van der Waals surface area contributed by atoms with Crippen LogP contribution in [0.25, 0.3) is 11.1 Å². The fraction of sp³-hybridized carbons (Fsp3) is 0.364. The summed E-state index contributed by atoms with van der Waals surface area (Å²) in [6, 6.07) is 17.2. The van der Waals surface area contributed by atoms with Gasteiger partial charge in [0.15, 0.2) is 0 Å². The Morgan fingerprint density at radius 3 is 2.56 bits per heavy atom. The molecule has 5 nitrogen and oxygen atoms in total. The van der Waals surface area contributed by atoms with Crippen molar-refractivity contribution in [2.24, 2.45) is 0 Å². The molecule has 0 bridgehead atoms. The molecule has 140 valence electrons. The second kappa shape index (κ2) is 8.24. The van der Waals surface area contributed by atoms with Crippen LogP contribution in [0.1, 0.15) is 30.4 Å². The molecule has 2 amide bonds. The lowest BCUT2D eigenvalue weighted by Crippen LogP contribution is -2.67. The molecule has 2 aromatic rings. The molecule has 5 heteroatoms. The molecule has 0 radical (unpaired) electrons. The number of rotatable bonds is 5. The Hall–Kier alpha value is -2.84. The zero-order valence-corrected chi connectivity index (χ0v) is 15.7. The lowest BCUT2D eigenvalue weighted by molar-refractivity contribution is 0.0171. The van der Waals surface area contributed by atoms with E-state index < -0.39 is 12.1 Å². The number of urea groups is 1. The highest BCUT2D eigenvalue weighted by molar-refractivity contribution is 5.78. The number of aryl methyl sites for hydroxylation is 1.